The molecule has 0 saturated carbocycles. The van der Waals surface area contributed by atoms with Gasteiger partial charge in [-0.3, -0.25) is 20.0 Å². The van der Waals surface area contributed by atoms with Crippen molar-refractivity contribution in [2.45, 2.75) is 26.2 Å². The normalized spacial score (nSPS) is 13.8. The van der Waals surface area contributed by atoms with Crippen molar-refractivity contribution in [3.05, 3.63) is 84.8 Å². The summed E-state index contributed by atoms with van der Waals surface area (Å²) < 4.78 is 12.8. The van der Waals surface area contributed by atoms with E-state index < -0.39 is 6.03 Å². The summed E-state index contributed by atoms with van der Waals surface area (Å²) in [4.78, 5) is 31.5. The average molecular weight is 570 g/mol. The second kappa shape index (κ2) is 12.8. The highest BCUT2D eigenvalue weighted by Crippen LogP contribution is 2.27. The van der Waals surface area contributed by atoms with E-state index in [0.29, 0.717) is 48.5 Å². The number of benzene rings is 2. The maximum atomic E-state index is 13.0. The van der Waals surface area contributed by atoms with Crippen LogP contribution < -0.4 is 20.7 Å². The molecule has 1 fully saturated rings. The van der Waals surface area contributed by atoms with Crippen LogP contribution in [0.1, 0.15) is 26.5 Å². The number of rotatable bonds is 8. The Morgan fingerprint density at radius 3 is 2.14 bits per heavy atom. The van der Waals surface area contributed by atoms with Gasteiger partial charge in [-0.25, -0.2) is 9.48 Å². The molecule has 2 aromatic heterocycles. The molecule has 3 heterocycles. The predicted octanol–water partition coefficient (Wildman–Crippen LogP) is 5.27. The number of carbonyl (C=O) groups is 2. The molecule has 0 radical (unpaired) electrons. The second-order valence-corrected chi connectivity index (χ2v) is 10.9. The number of anilines is 3. The van der Waals surface area contributed by atoms with Gasteiger partial charge in [0.1, 0.15) is 17.3 Å². The van der Waals surface area contributed by atoms with Gasteiger partial charge in [0.15, 0.2) is 0 Å². The first kappa shape index (κ1) is 28.8. The standard InChI is InChI=1S/C31H35N7O4/c1-31(2,3)27-20-28(35-30(40)34-23-6-10-25(11-7-23)42-26-12-14-32-15-13-26)38(36-27)24-8-4-22(5-9-24)33-29(39)21-37-16-18-41-19-17-37/h4-15,20H,16-19,21H2,1-3H3,(H,33,39)(H2,34,35,40). The van der Waals surface area contributed by atoms with E-state index in [2.05, 4.69) is 46.6 Å². The number of urea groups is 1. The maximum absolute atomic E-state index is 13.0. The van der Waals surface area contributed by atoms with Crippen molar-refractivity contribution in [1.29, 1.82) is 0 Å². The fraction of sp³-hybridized carbons (Fsp3) is 0.290. The Hall–Kier alpha value is -4.74. The van der Waals surface area contributed by atoms with Crippen LogP contribution in [0.4, 0.5) is 22.0 Å². The monoisotopic (exact) mass is 569 g/mol. The quantitative estimate of drug-likeness (QED) is 0.264. The maximum Gasteiger partial charge on any atom is 0.324 e. The minimum Gasteiger partial charge on any atom is -0.457 e. The third kappa shape index (κ3) is 7.71. The Bertz CT molecular complexity index is 1490. The molecule has 1 saturated heterocycles. The van der Waals surface area contributed by atoms with Crippen LogP contribution in [0.3, 0.4) is 0 Å². The highest BCUT2D eigenvalue weighted by molar-refractivity contribution is 5.99. The largest absolute Gasteiger partial charge is 0.457 e. The van der Waals surface area contributed by atoms with Crippen molar-refractivity contribution in [2.75, 3.05) is 48.8 Å². The minimum atomic E-state index is -0.411. The molecule has 0 atom stereocenters. The molecule has 0 unspecified atom stereocenters. The highest BCUT2D eigenvalue weighted by Gasteiger charge is 2.22. The molecule has 42 heavy (non-hydrogen) atoms. The number of nitrogens with one attached hydrogen (secondary N) is 3. The van der Waals surface area contributed by atoms with E-state index in [4.69, 9.17) is 14.6 Å². The number of morpholine rings is 1. The van der Waals surface area contributed by atoms with E-state index >= 15 is 0 Å². The average Bonchev–Trinajstić information content (AvgIpc) is 3.40. The van der Waals surface area contributed by atoms with Gasteiger partial charge in [0.2, 0.25) is 5.91 Å². The summed E-state index contributed by atoms with van der Waals surface area (Å²) >= 11 is 0. The summed E-state index contributed by atoms with van der Waals surface area (Å²) in [5, 5.41) is 13.5. The molecular formula is C31H35N7O4. The van der Waals surface area contributed by atoms with E-state index in [1.807, 2.05) is 30.3 Å². The van der Waals surface area contributed by atoms with Crippen molar-refractivity contribution >= 4 is 29.1 Å². The summed E-state index contributed by atoms with van der Waals surface area (Å²) in [5.41, 5.74) is 2.61. The first-order chi connectivity index (χ1) is 20.2. The summed E-state index contributed by atoms with van der Waals surface area (Å²) in [5.74, 6) is 1.75. The Morgan fingerprint density at radius 1 is 0.857 bits per heavy atom. The van der Waals surface area contributed by atoms with Gasteiger partial charge in [0.05, 0.1) is 31.1 Å². The number of amides is 3. The number of aromatic nitrogens is 3. The van der Waals surface area contributed by atoms with Gasteiger partial charge >= 0.3 is 6.03 Å². The second-order valence-electron chi connectivity index (χ2n) is 10.9. The lowest BCUT2D eigenvalue weighted by atomic mass is 9.92. The van der Waals surface area contributed by atoms with Crippen LogP contribution in [0.15, 0.2) is 79.1 Å². The minimum absolute atomic E-state index is 0.0743. The Balaban J connectivity index is 1.25. The molecule has 1 aliphatic rings. The number of hydrogen-bond donors (Lipinski definition) is 3. The van der Waals surface area contributed by atoms with Crippen molar-refractivity contribution in [1.82, 2.24) is 19.7 Å². The molecule has 11 heteroatoms. The zero-order valence-electron chi connectivity index (χ0n) is 24.0. The third-order valence-electron chi connectivity index (χ3n) is 6.58. The fourth-order valence-corrected chi connectivity index (χ4v) is 4.31. The molecule has 0 bridgehead atoms. The first-order valence-corrected chi connectivity index (χ1v) is 13.8. The third-order valence-corrected chi connectivity index (χ3v) is 6.58. The van der Waals surface area contributed by atoms with Crippen LogP contribution in [0.2, 0.25) is 0 Å². The highest BCUT2D eigenvalue weighted by atomic mass is 16.5. The number of carbonyl (C=O) groups excluding carboxylic acids is 2. The van der Waals surface area contributed by atoms with Gasteiger partial charge in [-0.2, -0.15) is 5.10 Å². The van der Waals surface area contributed by atoms with Crippen molar-refractivity contribution in [3.63, 3.8) is 0 Å². The predicted molar refractivity (Wildman–Crippen MR) is 162 cm³/mol. The molecule has 3 amide bonds. The summed E-state index contributed by atoms with van der Waals surface area (Å²) in [6.45, 7) is 9.29. The zero-order chi connectivity index (χ0) is 29.5. The molecule has 5 rings (SSSR count). The Morgan fingerprint density at radius 2 is 1.48 bits per heavy atom. The van der Waals surface area contributed by atoms with Gasteiger partial charge in [0.25, 0.3) is 0 Å². The molecule has 0 spiro atoms. The van der Waals surface area contributed by atoms with Gasteiger partial charge in [-0.1, -0.05) is 20.8 Å². The van der Waals surface area contributed by atoms with E-state index in [0.717, 1.165) is 24.5 Å². The van der Waals surface area contributed by atoms with Gasteiger partial charge in [0, 0.05) is 48.3 Å². The Kier molecular flexibility index (Phi) is 8.80. The molecular weight excluding hydrogens is 534 g/mol. The first-order valence-electron chi connectivity index (χ1n) is 13.8. The molecule has 0 aliphatic carbocycles. The summed E-state index contributed by atoms with van der Waals surface area (Å²) in [6.07, 6.45) is 3.32. The lowest BCUT2D eigenvalue weighted by Crippen LogP contribution is -2.41. The van der Waals surface area contributed by atoms with Crippen molar-refractivity contribution < 1.29 is 19.1 Å². The van der Waals surface area contributed by atoms with Crippen molar-refractivity contribution in [2.24, 2.45) is 0 Å². The van der Waals surface area contributed by atoms with Gasteiger partial charge in [-0.05, 0) is 60.7 Å². The van der Waals surface area contributed by atoms with Crippen LogP contribution in [0.5, 0.6) is 11.5 Å². The molecule has 1 aliphatic heterocycles. The molecule has 11 nitrogen and oxygen atoms in total. The SMILES string of the molecule is CC(C)(C)c1cc(NC(=O)Nc2ccc(Oc3ccncc3)cc2)n(-c2ccc(NC(=O)CN3CCOCC3)cc2)n1. The zero-order valence-corrected chi connectivity index (χ0v) is 24.0. The molecule has 4 aromatic rings. The number of ether oxygens (including phenoxy) is 2. The van der Waals surface area contributed by atoms with Crippen LogP contribution in [-0.4, -0.2) is 64.5 Å². The van der Waals surface area contributed by atoms with E-state index in [1.54, 1.807) is 53.5 Å². The number of hydrogen-bond acceptors (Lipinski definition) is 7. The van der Waals surface area contributed by atoms with Crippen LogP contribution >= 0.6 is 0 Å². The lowest BCUT2D eigenvalue weighted by Gasteiger charge is -2.25. The topological polar surface area (TPSA) is 123 Å². The van der Waals surface area contributed by atoms with Crippen LogP contribution in [0, 0.1) is 0 Å². The summed E-state index contributed by atoms with van der Waals surface area (Å²) in [6, 6.07) is 19.4. The van der Waals surface area contributed by atoms with Crippen LogP contribution in [-0.2, 0) is 14.9 Å². The number of pyridine rings is 1. The fourth-order valence-electron chi connectivity index (χ4n) is 4.31. The van der Waals surface area contributed by atoms with E-state index in [9.17, 15) is 9.59 Å². The van der Waals surface area contributed by atoms with Crippen LogP contribution in [0.25, 0.3) is 5.69 Å². The Labute approximate surface area is 244 Å². The van der Waals surface area contributed by atoms with Gasteiger partial charge in [-0.15, -0.1) is 0 Å². The lowest BCUT2D eigenvalue weighted by molar-refractivity contribution is -0.118. The summed E-state index contributed by atoms with van der Waals surface area (Å²) in [7, 11) is 0. The van der Waals surface area contributed by atoms with E-state index in [-0.39, 0.29) is 11.3 Å². The molecule has 218 valence electrons. The van der Waals surface area contributed by atoms with E-state index in [1.165, 1.54) is 0 Å². The molecule has 3 N–H and O–H groups in total. The molecule has 2 aromatic carbocycles. The number of nitrogens with zero attached hydrogens (tertiary/aromatic N) is 4. The van der Waals surface area contributed by atoms with Gasteiger partial charge < -0.3 is 20.1 Å². The smallest absolute Gasteiger partial charge is 0.324 e. The van der Waals surface area contributed by atoms with Crippen molar-refractivity contribution in [3.8, 4) is 17.2 Å².